The molecule has 7 nitrogen and oxygen atoms in total. The molecule has 0 aliphatic heterocycles. The van der Waals surface area contributed by atoms with Crippen molar-refractivity contribution >= 4 is 5.91 Å². The SMILES string of the molecule is Cc1cc(C)n(CC(=O)NC2CCCc3c2cnn3-c2ccccn2)n1. The number of hydrogen-bond acceptors (Lipinski definition) is 4. The van der Waals surface area contributed by atoms with E-state index in [0.29, 0.717) is 0 Å². The van der Waals surface area contributed by atoms with Gasteiger partial charge >= 0.3 is 0 Å². The van der Waals surface area contributed by atoms with Crippen LogP contribution >= 0.6 is 0 Å². The highest BCUT2D eigenvalue weighted by atomic mass is 16.2. The van der Waals surface area contributed by atoms with Crippen LogP contribution in [-0.4, -0.2) is 30.5 Å². The molecule has 1 aliphatic rings. The molecule has 1 atom stereocenters. The third kappa shape index (κ3) is 3.12. The van der Waals surface area contributed by atoms with Crippen molar-refractivity contribution in [3.63, 3.8) is 0 Å². The van der Waals surface area contributed by atoms with Crippen LogP contribution in [0.4, 0.5) is 0 Å². The topological polar surface area (TPSA) is 77.6 Å². The number of carbonyl (C=O) groups excluding carboxylic acids is 1. The number of hydrogen-bond donors (Lipinski definition) is 1. The molecule has 4 rings (SSSR count). The first-order valence-corrected chi connectivity index (χ1v) is 8.90. The smallest absolute Gasteiger partial charge is 0.242 e. The lowest BCUT2D eigenvalue weighted by Gasteiger charge is -2.24. The monoisotopic (exact) mass is 350 g/mol. The second-order valence-electron chi connectivity index (χ2n) is 6.74. The molecule has 0 aromatic carbocycles. The van der Waals surface area contributed by atoms with Crippen LogP contribution in [0.2, 0.25) is 0 Å². The molecule has 1 amide bonds. The summed E-state index contributed by atoms with van der Waals surface area (Å²) in [5.41, 5.74) is 4.13. The standard InChI is InChI=1S/C19H22N6O/c1-13-10-14(2)24(23-13)12-19(26)22-16-6-5-7-17-15(16)11-21-25(17)18-8-3-4-9-20-18/h3-4,8-11,16H,5-7,12H2,1-2H3,(H,22,26). The molecule has 1 N–H and O–H groups in total. The van der Waals surface area contributed by atoms with Crippen LogP contribution in [0.25, 0.3) is 5.82 Å². The van der Waals surface area contributed by atoms with Crippen LogP contribution in [0.5, 0.6) is 0 Å². The van der Waals surface area contributed by atoms with Gasteiger partial charge in [-0.15, -0.1) is 0 Å². The van der Waals surface area contributed by atoms with Gasteiger partial charge in [0.25, 0.3) is 0 Å². The van der Waals surface area contributed by atoms with Crippen LogP contribution in [0, 0.1) is 13.8 Å². The number of pyridine rings is 1. The van der Waals surface area contributed by atoms with Gasteiger partial charge in [0.2, 0.25) is 5.91 Å². The fraction of sp³-hybridized carbons (Fsp3) is 0.368. The van der Waals surface area contributed by atoms with Crippen molar-refractivity contribution in [2.24, 2.45) is 0 Å². The van der Waals surface area contributed by atoms with Gasteiger partial charge in [0.05, 0.1) is 23.6 Å². The second-order valence-corrected chi connectivity index (χ2v) is 6.74. The summed E-state index contributed by atoms with van der Waals surface area (Å²) in [6.45, 7) is 4.13. The van der Waals surface area contributed by atoms with Gasteiger partial charge in [-0.1, -0.05) is 6.07 Å². The normalized spacial score (nSPS) is 16.3. The van der Waals surface area contributed by atoms with Crippen LogP contribution in [0.1, 0.15) is 41.5 Å². The summed E-state index contributed by atoms with van der Waals surface area (Å²) in [5, 5.41) is 12.0. The molecule has 1 aliphatic carbocycles. The van der Waals surface area contributed by atoms with Crippen molar-refractivity contribution < 1.29 is 4.79 Å². The average Bonchev–Trinajstić information content (AvgIpc) is 3.19. The number of nitrogens with zero attached hydrogens (tertiary/aromatic N) is 5. The largest absolute Gasteiger partial charge is 0.348 e. The predicted octanol–water partition coefficient (Wildman–Crippen LogP) is 2.27. The van der Waals surface area contributed by atoms with Gasteiger partial charge in [0.1, 0.15) is 6.54 Å². The van der Waals surface area contributed by atoms with Crippen molar-refractivity contribution in [1.29, 1.82) is 0 Å². The van der Waals surface area contributed by atoms with Crippen molar-refractivity contribution in [3.05, 3.63) is 59.3 Å². The van der Waals surface area contributed by atoms with E-state index in [1.165, 1.54) is 0 Å². The van der Waals surface area contributed by atoms with Crippen LogP contribution in [0.3, 0.4) is 0 Å². The molecule has 7 heteroatoms. The van der Waals surface area contributed by atoms with Crippen molar-refractivity contribution in [2.45, 2.75) is 45.7 Å². The van der Waals surface area contributed by atoms with E-state index in [2.05, 4.69) is 20.5 Å². The summed E-state index contributed by atoms with van der Waals surface area (Å²) in [5.74, 6) is 0.781. The van der Waals surface area contributed by atoms with Gasteiger partial charge in [-0.3, -0.25) is 9.48 Å². The lowest BCUT2D eigenvalue weighted by molar-refractivity contribution is -0.122. The molecule has 0 radical (unpaired) electrons. The summed E-state index contributed by atoms with van der Waals surface area (Å²) in [4.78, 5) is 16.9. The van der Waals surface area contributed by atoms with Crippen molar-refractivity contribution in [2.75, 3.05) is 0 Å². The first-order valence-electron chi connectivity index (χ1n) is 8.90. The molecule has 1 unspecified atom stereocenters. The highest BCUT2D eigenvalue weighted by molar-refractivity contribution is 5.76. The molecular formula is C19H22N6O. The van der Waals surface area contributed by atoms with Crippen LogP contribution in [0.15, 0.2) is 36.7 Å². The Morgan fingerprint density at radius 3 is 2.96 bits per heavy atom. The summed E-state index contributed by atoms with van der Waals surface area (Å²) < 4.78 is 3.63. The number of amides is 1. The quantitative estimate of drug-likeness (QED) is 0.783. The van der Waals surface area contributed by atoms with Gasteiger partial charge in [-0.2, -0.15) is 10.2 Å². The van der Waals surface area contributed by atoms with Crippen molar-refractivity contribution in [1.82, 2.24) is 29.9 Å². The first-order chi connectivity index (χ1) is 12.6. The number of fused-ring (bicyclic) bond motifs is 1. The van der Waals surface area contributed by atoms with E-state index in [1.807, 2.05) is 49.0 Å². The molecule has 134 valence electrons. The molecule has 0 saturated heterocycles. The minimum Gasteiger partial charge on any atom is -0.348 e. The molecular weight excluding hydrogens is 328 g/mol. The van der Waals surface area contributed by atoms with Gasteiger partial charge in [-0.25, -0.2) is 9.67 Å². The lowest BCUT2D eigenvalue weighted by Crippen LogP contribution is -2.34. The third-order valence-corrected chi connectivity index (χ3v) is 4.78. The lowest BCUT2D eigenvalue weighted by atomic mass is 9.93. The van der Waals surface area contributed by atoms with E-state index < -0.39 is 0 Å². The fourth-order valence-electron chi connectivity index (χ4n) is 3.59. The zero-order valence-electron chi connectivity index (χ0n) is 15.0. The Morgan fingerprint density at radius 2 is 2.23 bits per heavy atom. The summed E-state index contributed by atoms with van der Waals surface area (Å²) in [7, 11) is 0. The molecule has 0 saturated carbocycles. The van der Waals surface area contributed by atoms with E-state index in [1.54, 1.807) is 10.9 Å². The number of rotatable bonds is 4. The highest BCUT2D eigenvalue weighted by Gasteiger charge is 2.26. The molecule has 3 aromatic heterocycles. The third-order valence-electron chi connectivity index (χ3n) is 4.78. The fourth-order valence-corrected chi connectivity index (χ4v) is 3.59. The number of nitrogens with one attached hydrogen (secondary N) is 1. The molecule has 0 spiro atoms. The van der Waals surface area contributed by atoms with Crippen molar-refractivity contribution in [3.8, 4) is 5.82 Å². The van der Waals surface area contributed by atoms with Gasteiger partial charge in [0, 0.05) is 17.5 Å². The summed E-state index contributed by atoms with van der Waals surface area (Å²) in [6, 6.07) is 7.75. The average molecular weight is 350 g/mol. The Hall–Kier alpha value is -2.96. The van der Waals surface area contributed by atoms with Gasteiger partial charge < -0.3 is 5.32 Å². The maximum atomic E-state index is 12.5. The second kappa shape index (κ2) is 6.74. The van der Waals surface area contributed by atoms with Gasteiger partial charge in [-0.05, 0) is 51.3 Å². The van der Waals surface area contributed by atoms with E-state index in [4.69, 9.17) is 0 Å². The number of carbonyl (C=O) groups is 1. The Balaban J connectivity index is 1.52. The Kier molecular flexibility index (Phi) is 4.28. The van der Waals surface area contributed by atoms with E-state index in [9.17, 15) is 4.79 Å². The minimum absolute atomic E-state index is 0.0133. The maximum absolute atomic E-state index is 12.5. The minimum atomic E-state index is -0.0281. The molecule has 3 heterocycles. The van der Waals surface area contributed by atoms with E-state index in [-0.39, 0.29) is 18.5 Å². The molecule has 3 aromatic rings. The van der Waals surface area contributed by atoms with Crippen LogP contribution < -0.4 is 5.32 Å². The zero-order chi connectivity index (χ0) is 18.1. The Bertz CT molecular complexity index is 927. The summed E-state index contributed by atoms with van der Waals surface area (Å²) in [6.07, 6.45) is 6.49. The van der Waals surface area contributed by atoms with Gasteiger partial charge in [0.15, 0.2) is 5.82 Å². The predicted molar refractivity (Wildman–Crippen MR) is 96.9 cm³/mol. The Morgan fingerprint density at radius 1 is 1.35 bits per heavy atom. The Labute approximate surface area is 152 Å². The number of aryl methyl sites for hydroxylation is 2. The summed E-state index contributed by atoms with van der Waals surface area (Å²) >= 11 is 0. The van der Waals surface area contributed by atoms with E-state index >= 15 is 0 Å². The molecule has 0 fully saturated rings. The molecule has 0 bridgehead atoms. The maximum Gasteiger partial charge on any atom is 0.242 e. The molecule has 26 heavy (non-hydrogen) atoms. The first kappa shape index (κ1) is 16.5. The zero-order valence-corrected chi connectivity index (χ0v) is 15.0. The van der Waals surface area contributed by atoms with Crippen LogP contribution in [-0.2, 0) is 17.8 Å². The van der Waals surface area contributed by atoms with E-state index in [0.717, 1.165) is 47.7 Å². The highest BCUT2D eigenvalue weighted by Crippen LogP contribution is 2.30. The number of aromatic nitrogens is 5.